The Hall–Kier alpha value is -1.75. The Morgan fingerprint density at radius 3 is 2.39 bits per heavy atom. The first kappa shape index (κ1) is 16.1. The Bertz CT molecular complexity index is 734. The summed E-state index contributed by atoms with van der Waals surface area (Å²) < 4.78 is 13.1. The predicted octanol–water partition coefficient (Wildman–Crippen LogP) is 4.15. The van der Waals surface area contributed by atoms with E-state index in [0.29, 0.717) is 0 Å². The van der Waals surface area contributed by atoms with E-state index in [1.807, 2.05) is 27.8 Å². The third-order valence-corrected chi connectivity index (χ3v) is 5.69. The number of aryl methyl sites for hydroxylation is 2. The monoisotopic (exact) mass is 332 g/mol. The number of rotatable bonds is 4. The van der Waals surface area contributed by atoms with Gasteiger partial charge in [0.05, 0.1) is 22.2 Å². The fourth-order valence-corrected chi connectivity index (χ4v) is 4.06. The lowest BCUT2D eigenvalue weighted by Gasteiger charge is -2.29. The summed E-state index contributed by atoms with van der Waals surface area (Å²) in [6.45, 7) is 6.04. The van der Waals surface area contributed by atoms with Crippen molar-refractivity contribution >= 4 is 17.2 Å². The van der Waals surface area contributed by atoms with E-state index in [9.17, 15) is 9.18 Å². The maximum absolute atomic E-state index is 13.1. The van der Waals surface area contributed by atoms with E-state index in [4.69, 9.17) is 0 Å². The van der Waals surface area contributed by atoms with Gasteiger partial charge in [0, 0.05) is 11.9 Å². The highest BCUT2D eigenvalue weighted by molar-refractivity contribution is 7.11. The quantitative estimate of drug-likeness (QED) is 0.842. The number of amides is 1. The van der Waals surface area contributed by atoms with E-state index >= 15 is 0 Å². The highest BCUT2D eigenvalue weighted by Gasteiger charge is 2.53. The first-order valence-electron chi connectivity index (χ1n) is 7.82. The Labute approximate surface area is 140 Å². The molecule has 1 aliphatic rings. The Kier molecular flexibility index (Phi) is 4.00. The number of aromatic nitrogens is 1. The number of nitrogens with zero attached hydrogens (tertiary/aromatic N) is 2. The minimum absolute atomic E-state index is 0.0645. The first-order chi connectivity index (χ1) is 10.8. The number of thiazole rings is 1. The molecule has 2 aromatic rings. The molecule has 0 unspecified atom stereocenters. The Morgan fingerprint density at radius 2 is 1.91 bits per heavy atom. The molecule has 0 radical (unpaired) electrons. The minimum atomic E-state index is -0.477. The first-order valence-corrected chi connectivity index (χ1v) is 8.64. The highest BCUT2D eigenvalue weighted by Crippen LogP contribution is 2.50. The van der Waals surface area contributed by atoms with Crippen LogP contribution in [0, 0.1) is 19.7 Å². The molecule has 1 amide bonds. The maximum atomic E-state index is 13.1. The zero-order valence-corrected chi connectivity index (χ0v) is 14.7. The van der Waals surface area contributed by atoms with Crippen molar-refractivity contribution < 1.29 is 9.18 Å². The van der Waals surface area contributed by atoms with Crippen LogP contribution in [-0.2, 0) is 10.2 Å². The number of hydrogen-bond donors (Lipinski definition) is 0. The molecule has 0 spiro atoms. The molecule has 1 atom stereocenters. The summed E-state index contributed by atoms with van der Waals surface area (Å²) in [4.78, 5) is 20.6. The van der Waals surface area contributed by atoms with Crippen molar-refractivity contribution in [1.29, 1.82) is 0 Å². The van der Waals surface area contributed by atoms with Gasteiger partial charge in [0.1, 0.15) is 5.82 Å². The molecule has 23 heavy (non-hydrogen) atoms. The molecule has 1 fully saturated rings. The summed E-state index contributed by atoms with van der Waals surface area (Å²) in [7, 11) is 1.84. The summed E-state index contributed by atoms with van der Waals surface area (Å²) in [6.07, 6.45) is 1.65. The van der Waals surface area contributed by atoms with Crippen LogP contribution in [0.3, 0.4) is 0 Å². The summed E-state index contributed by atoms with van der Waals surface area (Å²) in [5, 5.41) is 1.02. The van der Waals surface area contributed by atoms with Gasteiger partial charge >= 0.3 is 0 Å². The van der Waals surface area contributed by atoms with E-state index in [0.717, 1.165) is 34.0 Å². The van der Waals surface area contributed by atoms with Crippen LogP contribution in [0.5, 0.6) is 0 Å². The van der Waals surface area contributed by atoms with Crippen LogP contribution < -0.4 is 0 Å². The summed E-state index contributed by atoms with van der Waals surface area (Å²) in [6, 6.07) is 6.26. The molecular weight excluding hydrogens is 311 g/mol. The van der Waals surface area contributed by atoms with Crippen molar-refractivity contribution in [2.75, 3.05) is 7.05 Å². The second kappa shape index (κ2) is 5.71. The zero-order valence-electron chi connectivity index (χ0n) is 13.9. The highest BCUT2D eigenvalue weighted by atomic mass is 32.1. The molecule has 0 bridgehead atoms. The molecule has 3 rings (SSSR count). The lowest BCUT2D eigenvalue weighted by molar-refractivity contribution is -0.134. The molecule has 1 aromatic heterocycles. The number of carbonyl (C=O) groups excluding carboxylic acids is 1. The fourth-order valence-electron chi connectivity index (χ4n) is 3.15. The second-order valence-corrected chi connectivity index (χ2v) is 7.76. The van der Waals surface area contributed by atoms with Crippen molar-refractivity contribution in [3.8, 4) is 0 Å². The third-order valence-electron chi connectivity index (χ3n) is 4.79. The number of likely N-dealkylation sites (N-methyl/N-ethyl adjacent to an activating group) is 1. The molecule has 1 saturated carbocycles. The molecule has 0 N–H and O–H groups in total. The Morgan fingerprint density at radius 1 is 1.30 bits per heavy atom. The molecule has 5 heteroatoms. The lowest BCUT2D eigenvalue weighted by Crippen LogP contribution is -2.38. The van der Waals surface area contributed by atoms with Crippen LogP contribution in [-0.4, -0.2) is 22.8 Å². The van der Waals surface area contributed by atoms with Crippen molar-refractivity contribution in [3.63, 3.8) is 0 Å². The lowest BCUT2D eigenvalue weighted by atomic mass is 9.93. The average Bonchev–Trinajstić information content (AvgIpc) is 3.26. The summed E-state index contributed by atoms with van der Waals surface area (Å²) in [5.41, 5.74) is 1.41. The van der Waals surface area contributed by atoms with Gasteiger partial charge in [0.25, 0.3) is 0 Å². The molecule has 1 heterocycles. The predicted molar refractivity (Wildman–Crippen MR) is 90.1 cm³/mol. The summed E-state index contributed by atoms with van der Waals surface area (Å²) >= 11 is 1.66. The van der Waals surface area contributed by atoms with Crippen LogP contribution in [0.15, 0.2) is 24.3 Å². The van der Waals surface area contributed by atoms with Crippen LogP contribution in [0.25, 0.3) is 0 Å². The van der Waals surface area contributed by atoms with Crippen LogP contribution in [0.2, 0.25) is 0 Å². The van der Waals surface area contributed by atoms with Crippen molar-refractivity contribution in [1.82, 2.24) is 9.88 Å². The average molecular weight is 332 g/mol. The molecule has 0 saturated heterocycles. The molecular formula is C18H21FN2OS. The van der Waals surface area contributed by atoms with Gasteiger partial charge < -0.3 is 4.90 Å². The van der Waals surface area contributed by atoms with E-state index in [2.05, 4.69) is 4.98 Å². The molecule has 122 valence electrons. The van der Waals surface area contributed by atoms with Crippen molar-refractivity contribution in [3.05, 3.63) is 51.2 Å². The van der Waals surface area contributed by atoms with E-state index in [1.165, 1.54) is 12.1 Å². The fraction of sp³-hybridized carbons (Fsp3) is 0.444. The Balaban J connectivity index is 1.84. The van der Waals surface area contributed by atoms with Gasteiger partial charge in [0.2, 0.25) is 5.91 Å². The van der Waals surface area contributed by atoms with Gasteiger partial charge in [-0.1, -0.05) is 12.1 Å². The number of halogens is 1. The van der Waals surface area contributed by atoms with E-state index < -0.39 is 5.41 Å². The van der Waals surface area contributed by atoms with E-state index in [1.54, 1.807) is 28.4 Å². The normalized spacial score (nSPS) is 16.9. The number of benzene rings is 1. The molecule has 1 aliphatic carbocycles. The maximum Gasteiger partial charge on any atom is 0.233 e. The zero-order chi connectivity index (χ0) is 16.8. The van der Waals surface area contributed by atoms with Gasteiger partial charge in [-0.05, 0) is 51.3 Å². The van der Waals surface area contributed by atoms with Crippen LogP contribution in [0.4, 0.5) is 4.39 Å². The topological polar surface area (TPSA) is 33.2 Å². The third kappa shape index (κ3) is 2.78. The largest absolute Gasteiger partial charge is 0.337 e. The second-order valence-electron chi connectivity index (χ2n) is 6.36. The number of carbonyl (C=O) groups is 1. The molecule has 0 aliphatic heterocycles. The SMILES string of the molecule is Cc1nc([C@H](C)N(C)C(=O)C2(c3ccc(F)cc3)CC2)c(C)s1. The minimum Gasteiger partial charge on any atom is -0.337 e. The van der Waals surface area contributed by atoms with Crippen LogP contribution >= 0.6 is 11.3 Å². The van der Waals surface area contributed by atoms with Gasteiger partial charge in [-0.3, -0.25) is 4.79 Å². The van der Waals surface area contributed by atoms with Gasteiger partial charge in [0.15, 0.2) is 0 Å². The van der Waals surface area contributed by atoms with Gasteiger partial charge in [-0.2, -0.15) is 0 Å². The smallest absolute Gasteiger partial charge is 0.233 e. The molecule has 1 aromatic carbocycles. The van der Waals surface area contributed by atoms with Crippen LogP contribution in [0.1, 0.15) is 46.9 Å². The van der Waals surface area contributed by atoms with Crippen molar-refractivity contribution in [2.24, 2.45) is 0 Å². The van der Waals surface area contributed by atoms with Crippen molar-refractivity contribution in [2.45, 2.75) is 45.1 Å². The standard InChI is InChI=1S/C18H21FN2OS/c1-11(16-12(2)23-13(3)20-16)21(4)17(22)18(9-10-18)14-5-7-15(19)8-6-14/h5-8,11H,9-10H2,1-4H3/t11-/m0/s1. The number of hydrogen-bond acceptors (Lipinski definition) is 3. The summed E-state index contributed by atoms with van der Waals surface area (Å²) in [5.74, 6) is -0.172. The van der Waals surface area contributed by atoms with Gasteiger partial charge in [-0.15, -0.1) is 11.3 Å². The molecule has 3 nitrogen and oxygen atoms in total. The van der Waals surface area contributed by atoms with E-state index in [-0.39, 0.29) is 17.8 Å². The van der Waals surface area contributed by atoms with Gasteiger partial charge in [-0.25, -0.2) is 9.37 Å².